The van der Waals surface area contributed by atoms with Gasteiger partial charge in [0.25, 0.3) is 0 Å². The number of hydrogen-bond donors (Lipinski definition) is 3. The van der Waals surface area contributed by atoms with Crippen LogP contribution in [0.15, 0.2) is 79.0 Å². The van der Waals surface area contributed by atoms with Crippen molar-refractivity contribution < 1.29 is 24.2 Å². The monoisotopic (exact) mass is 667 g/mol. The van der Waals surface area contributed by atoms with E-state index in [2.05, 4.69) is 54.6 Å². The van der Waals surface area contributed by atoms with Crippen molar-refractivity contribution in [1.29, 1.82) is 0 Å². The lowest BCUT2D eigenvalue weighted by Gasteiger charge is -2.36. The minimum atomic E-state index is -2.11. The maximum absolute atomic E-state index is 13.6. The van der Waals surface area contributed by atoms with E-state index in [0.717, 1.165) is 59.2 Å². The van der Waals surface area contributed by atoms with Gasteiger partial charge < -0.3 is 29.8 Å². The molecule has 3 aromatic carbocycles. The fraction of sp³-hybridized carbons (Fsp3) is 0.436. The minimum Gasteiger partial charge on any atom is -0.497 e. The van der Waals surface area contributed by atoms with Crippen molar-refractivity contribution in [3.05, 3.63) is 90.1 Å². The Morgan fingerprint density at radius 2 is 1.85 bits per heavy atom. The van der Waals surface area contributed by atoms with Gasteiger partial charge in [0.2, 0.25) is 11.8 Å². The first-order chi connectivity index (χ1) is 23.2. The van der Waals surface area contributed by atoms with E-state index in [1.807, 2.05) is 59.6 Å². The molecule has 4 aromatic rings. The van der Waals surface area contributed by atoms with Crippen LogP contribution in [0.1, 0.15) is 43.7 Å². The van der Waals surface area contributed by atoms with Crippen molar-refractivity contribution in [2.75, 3.05) is 25.6 Å². The van der Waals surface area contributed by atoms with Crippen LogP contribution in [0.4, 0.5) is 5.69 Å². The number of anilines is 1. The zero-order chi connectivity index (χ0) is 33.8. The van der Waals surface area contributed by atoms with Gasteiger partial charge in [-0.25, -0.2) is 0 Å². The number of carbonyl (C=O) groups is 2. The zero-order valence-electron chi connectivity index (χ0n) is 28.6. The Hall–Kier alpha value is -3.92. The van der Waals surface area contributed by atoms with Crippen LogP contribution >= 0.6 is 0 Å². The van der Waals surface area contributed by atoms with Crippen LogP contribution in [-0.4, -0.2) is 73.4 Å². The number of likely N-dealkylation sites (tertiary alicyclic amines) is 1. The molecule has 6 rings (SSSR count). The van der Waals surface area contributed by atoms with Crippen LogP contribution in [0.5, 0.6) is 5.75 Å². The van der Waals surface area contributed by atoms with Gasteiger partial charge in [-0.3, -0.25) is 9.59 Å². The largest absolute Gasteiger partial charge is 0.497 e. The lowest BCUT2D eigenvalue weighted by atomic mass is 9.95. The van der Waals surface area contributed by atoms with Crippen LogP contribution in [0.25, 0.3) is 10.9 Å². The standard InChI is InChI=1S/C39H49N3O5Si/c1-26-35(19-14-27-9-7-10-29(21-27)41-37(44)22-28-24-40-34-13-6-5-12-33(28)34)47-36(23-38(45)42-20-8-11-30(42)25-43)39(26)48(3,4)32-17-15-31(46-2)16-18-32/h5-7,9-10,12-13,15-18,21,24,26,30,35-36,39-40,43H,8,11,14,19-20,22-23,25H2,1-4H3,(H,41,44)/t26-,30+,35+,36-,39+/m1/s1. The second-order valence-corrected chi connectivity index (χ2v) is 18.8. The van der Waals surface area contributed by atoms with E-state index < -0.39 is 8.07 Å². The van der Waals surface area contributed by atoms with Crippen LogP contribution in [0.2, 0.25) is 18.6 Å². The van der Waals surface area contributed by atoms with Gasteiger partial charge in [-0.2, -0.15) is 0 Å². The van der Waals surface area contributed by atoms with Gasteiger partial charge >= 0.3 is 0 Å². The van der Waals surface area contributed by atoms with E-state index in [9.17, 15) is 14.7 Å². The lowest BCUT2D eigenvalue weighted by Crippen LogP contribution is -2.51. The third kappa shape index (κ3) is 7.23. The number of fused-ring (bicyclic) bond motifs is 1. The average molecular weight is 668 g/mol. The Morgan fingerprint density at radius 3 is 2.62 bits per heavy atom. The zero-order valence-corrected chi connectivity index (χ0v) is 29.6. The molecule has 9 heteroatoms. The summed E-state index contributed by atoms with van der Waals surface area (Å²) in [6.45, 7) is 7.80. The van der Waals surface area contributed by atoms with E-state index in [1.54, 1.807) is 7.11 Å². The first-order valence-corrected chi connectivity index (χ1v) is 20.4. The summed E-state index contributed by atoms with van der Waals surface area (Å²) < 4.78 is 12.3. The van der Waals surface area contributed by atoms with Gasteiger partial charge in [0.15, 0.2) is 0 Å². The number of rotatable bonds is 12. The summed E-state index contributed by atoms with van der Waals surface area (Å²) in [4.78, 5) is 31.8. The first kappa shape index (κ1) is 34.0. The topological polar surface area (TPSA) is 104 Å². The SMILES string of the molecule is COc1ccc([Si](C)(C)[C@H]2[C@H](C)[C@H](CCc3cccc(NC(=O)Cc4c[nH]c5ccccc45)c3)O[C@@H]2CC(=O)N2CCC[C@H]2CO)cc1. The van der Waals surface area contributed by atoms with Gasteiger partial charge in [-0.15, -0.1) is 0 Å². The molecule has 2 amide bonds. The fourth-order valence-electron chi connectivity index (χ4n) is 8.26. The molecule has 2 aliphatic heterocycles. The quantitative estimate of drug-likeness (QED) is 0.160. The highest BCUT2D eigenvalue weighted by Crippen LogP contribution is 2.46. The summed E-state index contributed by atoms with van der Waals surface area (Å²) >= 11 is 0. The highest BCUT2D eigenvalue weighted by Gasteiger charge is 2.51. The number of aryl methyl sites for hydroxylation is 1. The van der Waals surface area contributed by atoms with E-state index in [0.29, 0.717) is 19.4 Å². The Morgan fingerprint density at radius 1 is 1.06 bits per heavy atom. The molecule has 0 saturated carbocycles. The van der Waals surface area contributed by atoms with E-state index in [4.69, 9.17) is 9.47 Å². The van der Waals surface area contributed by atoms with Crippen molar-refractivity contribution in [2.24, 2.45) is 5.92 Å². The number of aromatic amines is 1. The molecule has 3 heterocycles. The Bertz CT molecular complexity index is 1720. The molecule has 48 heavy (non-hydrogen) atoms. The first-order valence-electron chi connectivity index (χ1n) is 17.3. The number of H-pyrrole nitrogens is 1. The van der Waals surface area contributed by atoms with Gasteiger partial charge in [0, 0.05) is 29.3 Å². The van der Waals surface area contributed by atoms with Gasteiger partial charge in [0.1, 0.15) is 5.75 Å². The molecule has 254 valence electrons. The maximum Gasteiger partial charge on any atom is 0.228 e. The van der Waals surface area contributed by atoms with Crippen LogP contribution in [0, 0.1) is 5.92 Å². The summed E-state index contributed by atoms with van der Waals surface area (Å²) in [5, 5.41) is 15.4. The third-order valence-electron chi connectivity index (χ3n) is 10.8. The molecule has 2 aliphatic rings. The average Bonchev–Trinajstić information content (AvgIpc) is 3.81. The third-order valence-corrected chi connectivity index (χ3v) is 15.2. The summed E-state index contributed by atoms with van der Waals surface area (Å²) in [5.41, 5.74) is 4.18. The maximum atomic E-state index is 13.6. The fourth-order valence-corrected chi connectivity index (χ4v) is 12.3. The molecule has 2 fully saturated rings. The molecule has 8 nitrogen and oxygen atoms in total. The lowest BCUT2D eigenvalue weighted by molar-refractivity contribution is -0.135. The predicted molar refractivity (Wildman–Crippen MR) is 194 cm³/mol. The van der Waals surface area contributed by atoms with Crippen molar-refractivity contribution >= 4 is 41.7 Å². The molecule has 0 radical (unpaired) electrons. The number of aromatic nitrogens is 1. The Balaban J connectivity index is 1.14. The summed E-state index contributed by atoms with van der Waals surface area (Å²) in [5.74, 6) is 1.14. The molecule has 1 aromatic heterocycles. The van der Waals surface area contributed by atoms with E-state index in [1.165, 1.54) is 5.19 Å². The number of hydrogen-bond acceptors (Lipinski definition) is 5. The smallest absolute Gasteiger partial charge is 0.228 e. The second-order valence-electron chi connectivity index (χ2n) is 14.1. The number of aliphatic hydroxyl groups excluding tert-OH is 1. The molecule has 0 bridgehead atoms. The van der Waals surface area contributed by atoms with Crippen molar-refractivity contribution in [2.45, 2.75) is 82.3 Å². The summed E-state index contributed by atoms with van der Waals surface area (Å²) in [6.07, 6.45) is 5.78. The molecule has 2 saturated heterocycles. The molecule has 0 spiro atoms. The number of aliphatic hydroxyl groups is 1. The van der Waals surface area contributed by atoms with Crippen molar-refractivity contribution in [1.82, 2.24) is 9.88 Å². The number of methoxy groups -OCH3 is 1. The highest BCUT2D eigenvalue weighted by molar-refractivity contribution is 6.91. The number of nitrogens with one attached hydrogen (secondary N) is 2. The summed E-state index contributed by atoms with van der Waals surface area (Å²) in [6, 6.07) is 24.5. The van der Waals surface area contributed by atoms with Crippen LogP contribution in [0.3, 0.4) is 0 Å². The van der Waals surface area contributed by atoms with E-state index >= 15 is 0 Å². The second kappa shape index (κ2) is 14.7. The highest BCUT2D eigenvalue weighted by atomic mass is 28.3. The van der Waals surface area contributed by atoms with E-state index in [-0.39, 0.29) is 48.1 Å². The minimum absolute atomic E-state index is 0.00478. The molecule has 3 N–H and O–H groups in total. The predicted octanol–water partition coefficient (Wildman–Crippen LogP) is 6.05. The van der Waals surface area contributed by atoms with Crippen molar-refractivity contribution in [3.63, 3.8) is 0 Å². The summed E-state index contributed by atoms with van der Waals surface area (Å²) in [7, 11) is -0.428. The van der Waals surface area contributed by atoms with Gasteiger partial charge in [0.05, 0.1) is 52.9 Å². The number of nitrogens with zero attached hydrogens (tertiary/aromatic N) is 1. The van der Waals surface area contributed by atoms with Crippen molar-refractivity contribution in [3.8, 4) is 5.75 Å². The number of amides is 2. The molecule has 0 unspecified atom stereocenters. The Labute approximate surface area is 284 Å². The molecule has 5 atom stereocenters. The van der Waals surface area contributed by atoms with Gasteiger partial charge in [-0.1, -0.05) is 67.7 Å². The molecular weight excluding hydrogens is 619 g/mol. The molecular formula is C39H49N3O5Si. The number of benzene rings is 3. The normalized spacial score (nSPS) is 22.7. The number of para-hydroxylation sites is 1. The Kier molecular flexibility index (Phi) is 10.4. The number of carbonyl (C=O) groups excluding carboxylic acids is 2. The number of ether oxygens (including phenoxy) is 2. The van der Waals surface area contributed by atoms with Gasteiger partial charge in [-0.05, 0) is 78.6 Å². The molecule has 0 aliphatic carbocycles. The van der Waals surface area contributed by atoms with Crippen LogP contribution < -0.4 is 15.2 Å². The van der Waals surface area contributed by atoms with Crippen LogP contribution in [-0.2, 0) is 27.2 Å².